The molecule has 2 aromatic carbocycles. The minimum absolute atomic E-state index is 0.0388. The van der Waals surface area contributed by atoms with E-state index in [1.54, 1.807) is 24.3 Å². The van der Waals surface area contributed by atoms with E-state index in [1.165, 1.54) is 0 Å². The van der Waals surface area contributed by atoms with Gasteiger partial charge in [0.05, 0.1) is 22.1 Å². The van der Waals surface area contributed by atoms with Crippen LogP contribution >= 0.6 is 0 Å². The number of esters is 1. The summed E-state index contributed by atoms with van der Waals surface area (Å²) >= 11 is 0. The van der Waals surface area contributed by atoms with Crippen LogP contribution in [0.25, 0.3) is 0 Å². The van der Waals surface area contributed by atoms with E-state index in [0.717, 1.165) is 24.3 Å². The quantitative estimate of drug-likeness (QED) is 0.773. The van der Waals surface area contributed by atoms with Crippen LogP contribution in [0.15, 0.2) is 53.4 Å². The molecule has 2 aromatic rings. The highest BCUT2D eigenvalue weighted by molar-refractivity contribution is 7.91. The first kappa shape index (κ1) is 17.6. The van der Waals surface area contributed by atoms with Crippen LogP contribution in [0.2, 0.25) is 0 Å². The maximum Gasteiger partial charge on any atom is 0.341 e. The van der Waals surface area contributed by atoms with Gasteiger partial charge in [-0.05, 0) is 42.0 Å². The molecular formula is C16H11F2NO4S. The molecule has 0 atom stereocenters. The third-order valence-corrected chi connectivity index (χ3v) is 4.50. The summed E-state index contributed by atoms with van der Waals surface area (Å²) in [5.41, 5.74) is 1.18. The van der Waals surface area contributed by atoms with Crippen molar-refractivity contribution in [3.63, 3.8) is 0 Å². The van der Waals surface area contributed by atoms with Crippen molar-refractivity contribution in [2.75, 3.05) is 0 Å². The normalized spacial score (nSPS) is 11.1. The number of rotatable bonds is 5. The summed E-state index contributed by atoms with van der Waals surface area (Å²) in [6.45, 7) is -0.0401. The zero-order valence-corrected chi connectivity index (χ0v) is 13.0. The van der Waals surface area contributed by atoms with Gasteiger partial charge in [-0.2, -0.15) is 14.0 Å². The molecular weight excluding hydrogens is 340 g/mol. The summed E-state index contributed by atoms with van der Waals surface area (Å²) in [6, 6.07) is 12.4. The van der Waals surface area contributed by atoms with Crippen LogP contribution in [0.5, 0.6) is 0 Å². The van der Waals surface area contributed by atoms with Crippen LogP contribution in [-0.2, 0) is 21.2 Å². The molecule has 5 nitrogen and oxygen atoms in total. The molecule has 0 fully saturated rings. The van der Waals surface area contributed by atoms with Crippen molar-refractivity contribution >= 4 is 15.8 Å². The van der Waals surface area contributed by atoms with E-state index in [2.05, 4.69) is 0 Å². The van der Waals surface area contributed by atoms with Crippen LogP contribution < -0.4 is 0 Å². The van der Waals surface area contributed by atoms with E-state index in [0.29, 0.717) is 11.1 Å². The number of ether oxygens (including phenoxy) is 1. The number of halogens is 2. The molecule has 0 bridgehead atoms. The van der Waals surface area contributed by atoms with Crippen LogP contribution in [0.3, 0.4) is 0 Å². The Morgan fingerprint density at radius 1 is 1.08 bits per heavy atom. The van der Waals surface area contributed by atoms with Gasteiger partial charge < -0.3 is 4.74 Å². The summed E-state index contributed by atoms with van der Waals surface area (Å²) in [4.78, 5) is 11.3. The van der Waals surface area contributed by atoms with Crippen molar-refractivity contribution in [1.29, 1.82) is 5.26 Å². The third kappa shape index (κ3) is 3.94. The molecule has 0 aliphatic heterocycles. The lowest BCUT2D eigenvalue weighted by Gasteiger charge is -2.06. The van der Waals surface area contributed by atoms with Crippen molar-refractivity contribution in [3.8, 4) is 6.07 Å². The van der Waals surface area contributed by atoms with Gasteiger partial charge in [0, 0.05) is 0 Å². The molecule has 0 saturated carbocycles. The molecule has 8 heteroatoms. The Balaban J connectivity index is 2.04. The van der Waals surface area contributed by atoms with Gasteiger partial charge in [-0.3, -0.25) is 0 Å². The van der Waals surface area contributed by atoms with Gasteiger partial charge in [0.2, 0.25) is 9.84 Å². The summed E-state index contributed by atoms with van der Waals surface area (Å²) in [7, 11) is -4.69. The second kappa shape index (κ2) is 7.19. The molecule has 24 heavy (non-hydrogen) atoms. The average molecular weight is 351 g/mol. The largest absolute Gasteiger partial charge is 0.457 e. The molecule has 124 valence electrons. The van der Waals surface area contributed by atoms with E-state index in [9.17, 15) is 22.0 Å². The number of benzene rings is 2. The lowest BCUT2D eigenvalue weighted by molar-refractivity contribution is 0.0472. The van der Waals surface area contributed by atoms with Gasteiger partial charge in [0.25, 0.3) is 0 Å². The molecule has 0 saturated heterocycles. The summed E-state index contributed by atoms with van der Waals surface area (Å²) in [5.74, 6) is -4.24. The van der Waals surface area contributed by atoms with Gasteiger partial charge in [-0.15, -0.1) is 0 Å². The average Bonchev–Trinajstić information content (AvgIpc) is 2.60. The summed E-state index contributed by atoms with van der Waals surface area (Å²) in [5, 5.41) is 8.68. The summed E-state index contributed by atoms with van der Waals surface area (Å²) in [6.07, 6.45) is 0. The smallest absolute Gasteiger partial charge is 0.341 e. The highest BCUT2D eigenvalue weighted by atomic mass is 32.2. The van der Waals surface area contributed by atoms with Crippen molar-refractivity contribution in [2.45, 2.75) is 17.3 Å². The third-order valence-electron chi connectivity index (χ3n) is 3.11. The van der Waals surface area contributed by atoms with Gasteiger partial charge in [-0.1, -0.05) is 12.1 Å². The van der Waals surface area contributed by atoms with E-state index in [-0.39, 0.29) is 12.2 Å². The van der Waals surface area contributed by atoms with Gasteiger partial charge >= 0.3 is 11.7 Å². The van der Waals surface area contributed by atoms with E-state index < -0.39 is 26.5 Å². The molecule has 0 heterocycles. The Kier molecular flexibility index (Phi) is 5.26. The first-order valence-corrected chi connectivity index (χ1v) is 8.17. The van der Waals surface area contributed by atoms with Gasteiger partial charge in [0.15, 0.2) is 0 Å². The van der Waals surface area contributed by atoms with Crippen LogP contribution in [0, 0.1) is 11.3 Å². The predicted octanol–water partition coefficient (Wildman–Crippen LogP) is 2.91. The molecule has 2 rings (SSSR count). The van der Waals surface area contributed by atoms with Crippen molar-refractivity contribution in [2.24, 2.45) is 0 Å². The minimum Gasteiger partial charge on any atom is -0.457 e. The standard InChI is InChI=1S/C16H11F2NO4S/c17-16(18)24(21,22)14-7-5-13(6-8-14)15(20)23-10-12-3-1-11(9-19)2-4-12/h1-8,16H,10H2. The Labute approximate surface area is 137 Å². The van der Waals surface area contributed by atoms with Crippen molar-refractivity contribution in [1.82, 2.24) is 0 Å². The van der Waals surface area contributed by atoms with Crippen molar-refractivity contribution < 1.29 is 26.7 Å². The molecule has 0 aromatic heterocycles. The molecule has 0 amide bonds. The van der Waals surface area contributed by atoms with E-state index in [1.807, 2.05) is 6.07 Å². The molecule has 0 spiro atoms. The first-order chi connectivity index (χ1) is 11.3. The molecule has 0 aliphatic rings. The minimum atomic E-state index is -4.69. The zero-order chi connectivity index (χ0) is 17.7. The van der Waals surface area contributed by atoms with Crippen LogP contribution in [0.4, 0.5) is 8.78 Å². The Morgan fingerprint density at radius 3 is 2.17 bits per heavy atom. The number of sulfone groups is 1. The van der Waals surface area contributed by atoms with Crippen LogP contribution in [-0.4, -0.2) is 20.1 Å². The number of carbonyl (C=O) groups excluding carboxylic acids is 1. The highest BCUT2D eigenvalue weighted by Gasteiger charge is 2.26. The SMILES string of the molecule is N#Cc1ccc(COC(=O)c2ccc(S(=O)(=O)C(F)F)cc2)cc1. The first-order valence-electron chi connectivity index (χ1n) is 6.63. The fourth-order valence-corrected chi connectivity index (χ4v) is 2.51. The second-order valence-electron chi connectivity index (χ2n) is 4.71. The lowest BCUT2D eigenvalue weighted by Crippen LogP contribution is -2.12. The zero-order valence-electron chi connectivity index (χ0n) is 12.1. The van der Waals surface area contributed by atoms with Gasteiger partial charge in [0.1, 0.15) is 6.61 Å². The van der Waals surface area contributed by atoms with Crippen LogP contribution in [0.1, 0.15) is 21.5 Å². The maximum atomic E-state index is 12.4. The predicted molar refractivity (Wildman–Crippen MR) is 79.9 cm³/mol. The van der Waals surface area contributed by atoms with E-state index >= 15 is 0 Å². The van der Waals surface area contributed by atoms with Gasteiger partial charge in [-0.25, -0.2) is 13.2 Å². The molecule has 0 unspecified atom stereocenters. The second-order valence-corrected chi connectivity index (χ2v) is 6.63. The lowest BCUT2D eigenvalue weighted by atomic mass is 10.1. The molecule has 0 radical (unpaired) electrons. The fraction of sp³-hybridized carbons (Fsp3) is 0.125. The number of carbonyl (C=O) groups is 1. The van der Waals surface area contributed by atoms with Crippen molar-refractivity contribution in [3.05, 3.63) is 65.2 Å². The Hall–Kier alpha value is -2.79. The Morgan fingerprint density at radius 2 is 1.67 bits per heavy atom. The number of alkyl halides is 2. The maximum absolute atomic E-state index is 12.4. The molecule has 0 N–H and O–H groups in total. The number of nitrogens with zero attached hydrogens (tertiary/aromatic N) is 1. The summed E-state index contributed by atoms with van der Waals surface area (Å²) < 4.78 is 52.5. The number of hydrogen-bond donors (Lipinski definition) is 0. The monoisotopic (exact) mass is 351 g/mol. The topological polar surface area (TPSA) is 84.2 Å². The highest BCUT2D eigenvalue weighted by Crippen LogP contribution is 2.19. The molecule has 0 aliphatic carbocycles. The van der Waals surface area contributed by atoms with E-state index in [4.69, 9.17) is 10.00 Å². The Bertz CT molecular complexity index is 870. The fourth-order valence-electron chi connectivity index (χ4n) is 1.79. The number of nitriles is 1. The number of hydrogen-bond acceptors (Lipinski definition) is 5.